The maximum absolute atomic E-state index is 11.1. The molecule has 1 aromatic heterocycles. The number of hydrogen-bond donors (Lipinski definition) is 1. The zero-order chi connectivity index (χ0) is 15.0. The molecule has 0 fully saturated rings. The fourth-order valence-corrected chi connectivity index (χ4v) is 2.31. The summed E-state index contributed by atoms with van der Waals surface area (Å²) in [6, 6.07) is 14.3. The summed E-state index contributed by atoms with van der Waals surface area (Å²) < 4.78 is 5.29. The van der Waals surface area contributed by atoms with Gasteiger partial charge in [0.25, 0.3) is 0 Å². The molecule has 0 saturated heterocycles. The minimum Gasteiger partial charge on any atom is -0.475 e. The maximum Gasteiger partial charge on any atom is 0.373 e. The highest BCUT2D eigenvalue weighted by Crippen LogP contribution is 2.30. The van der Waals surface area contributed by atoms with Crippen LogP contribution in [0.3, 0.4) is 0 Å². The van der Waals surface area contributed by atoms with Gasteiger partial charge in [0.2, 0.25) is 5.76 Å². The number of furan rings is 1. The molecule has 0 saturated carbocycles. The van der Waals surface area contributed by atoms with Crippen molar-refractivity contribution in [3.05, 3.63) is 58.8 Å². The number of nitrogens with zero attached hydrogens (tertiary/aromatic N) is 1. The van der Waals surface area contributed by atoms with E-state index in [0.717, 1.165) is 11.1 Å². The molecule has 3 aromatic rings. The summed E-state index contributed by atoms with van der Waals surface area (Å²) in [5, 5.41) is 19.3. The molecule has 4 nitrogen and oxygen atoms in total. The highest BCUT2D eigenvalue weighted by Gasteiger charge is 2.20. The Balaban J connectivity index is 2.19. The Kier molecular flexibility index (Phi) is 3.13. The molecule has 102 valence electrons. The van der Waals surface area contributed by atoms with Crippen LogP contribution in [0.1, 0.15) is 16.1 Å². The Morgan fingerprint density at radius 2 is 1.81 bits per heavy atom. The van der Waals surface area contributed by atoms with Crippen molar-refractivity contribution in [1.29, 1.82) is 5.26 Å². The van der Waals surface area contributed by atoms with Crippen LogP contribution in [0.25, 0.3) is 22.1 Å². The lowest BCUT2D eigenvalue weighted by molar-refractivity contribution is 0.0664. The van der Waals surface area contributed by atoms with E-state index >= 15 is 0 Å². The molecular weight excluding hydrogens is 290 g/mol. The van der Waals surface area contributed by atoms with Gasteiger partial charge in [-0.15, -0.1) is 0 Å². The molecule has 0 amide bonds. The first kappa shape index (κ1) is 13.2. The number of halogens is 1. The van der Waals surface area contributed by atoms with Gasteiger partial charge in [-0.3, -0.25) is 0 Å². The number of carbonyl (C=O) groups is 1. The Hall–Kier alpha value is -2.77. The van der Waals surface area contributed by atoms with Gasteiger partial charge < -0.3 is 9.52 Å². The number of hydrogen-bond acceptors (Lipinski definition) is 3. The first-order valence-electron chi connectivity index (χ1n) is 6.06. The van der Waals surface area contributed by atoms with E-state index in [4.69, 9.17) is 26.4 Å². The standard InChI is InChI=1S/C16H8ClNO3/c17-11-4-1-9(2-5-11)10-3-6-12-13(8-18)15(16(19)20)21-14(12)7-10/h1-7H,(H,19,20). The second-order valence-corrected chi connectivity index (χ2v) is 4.88. The Bertz CT molecular complexity index is 888. The molecule has 3 rings (SSSR count). The molecule has 0 radical (unpaired) electrons. The van der Waals surface area contributed by atoms with Crippen molar-refractivity contribution in [3.63, 3.8) is 0 Å². The average Bonchev–Trinajstić information content (AvgIpc) is 2.85. The smallest absolute Gasteiger partial charge is 0.373 e. The largest absolute Gasteiger partial charge is 0.475 e. The predicted molar refractivity (Wildman–Crippen MR) is 78.3 cm³/mol. The van der Waals surface area contributed by atoms with E-state index in [2.05, 4.69) is 0 Å². The summed E-state index contributed by atoms with van der Waals surface area (Å²) in [6.45, 7) is 0. The van der Waals surface area contributed by atoms with Crippen molar-refractivity contribution in [2.75, 3.05) is 0 Å². The highest BCUT2D eigenvalue weighted by molar-refractivity contribution is 6.30. The number of aromatic carboxylic acids is 1. The number of rotatable bonds is 2. The topological polar surface area (TPSA) is 74.2 Å². The molecular formula is C16H8ClNO3. The maximum atomic E-state index is 11.1. The van der Waals surface area contributed by atoms with Crippen LogP contribution in [0.4, 0.5) is 0 Å². The lowest BCUT2D eigenvalue weighted by Crippen LogP contribution is -1.95. The molecule has 0 spiro atoms. The third kappa shape index (κ3) is 2.24. The fraction of sp³-hybridized carbons (Fsp3) is 0. The Morgan fingerprint density at radius 3 is 2.43 bits per heavy atom. The van der Waals surface area contributed by atoms with Crippen LogP contribution in [0, 0.1) is 11.3 Å². The van der Waals surface area contributed by atoms with Crippen molar-refractivity contribution in [1.82, 2.24) is 0 Å². The van der Waals surface area contributed by atoms with E-state index < -0.39 is 5.97 Å². The lowest BCUT2D eigenvalue weighted by atomic mass is 10.0. The van der Waals surface area contributed by atoms with Gasteiger partial charge in [0, 0.05) is 10.4 Å². The van der Waals surface area contributed by atoms with Gasteiger partial charge in [0.15, 0.2) is 0 Å². The van der Waals surface area contributed by atoms with Crippen LogP contribution in [-0.4, -0.2) is 11.1 Å². The number of carboxylic acids is 1. The van der Waals surface area contributed by atoms with Crippen LogP contribution >= 0.6 is 11.6 Å². The van der Waals surface area contributed by atoms with E-state index in [0.29, 0.717) is 16.0 Å². The summed E-state index contributed by atoms with van der Waals surface area (Å²) in [5.41, 5.74) is 2.19. The zero-order valence-electron chi connectivity index (χ0n) is 10.6. The molecule has 5 heteroatoms. The number of nitriles is 1. The molecule has 0 aliphatic rings. The molecule has 0 unspecified atom stereocenters. The van der Waals surface area contributed by atoms with Gasteiger partial charge in [-0.05, 0) is 35.4 Å². The monoisotopic (exact) mass is 297 g/mol. The summed E-state index contributed by atoms with van der Waals surface area (Å²) in [7, 11) is 0. The van der Waals surface area contributed by atoms with E-state index in [-0.39, 0.29) is 11.3 Å². The molecule has 1 N–H and O–H groups in total. The van der Waals surface area contributed by atoms with Gasteiger partial charge in [-0.25, -0.2) is 4.79 Å². The highest BCUT2D eigenvalue weighted by atomic mass is 35.5. The van der Waals surface area contributed by atoms with Gasteiger partial charge in [-0.1, -0.05) is 29.8 Å². The number of benzene rings is 2. The first-order valence-corrected chi connectivity index (χ1v) is 6.44. The summed E-state index contributed by atoms with van der Waals surface area (Å²) in [4.78, 5) is 11.1. The van der Waals surface area contributed by atoms with Crippen molar-refractivity contribution in [3.8, 4) is 17.2 Å². The minimum atomic E-state index is -1.25. The van der Waals surface area contributed by atoms with E-state index in [1.54, 1.807) is 24.3 Å². The fourth-order valence-electron chi connectivity index (χ4n) is 2.18. The predicted octanol–water partition coefficient (Wildman–Crippen LogP) is 4.32. The zero-order valence-corrected chi connectivity index (χ0v) is 11.4. The van der Waals surface area contributed by atoms with Gasteiger partial charge >= 0.3 is 5.97 Å². The van der Waals surface area contributed by atoms with Crippen molar-refractivity contribution >= 4 is 28.5 Å². The molecule has 0 atom stereocenters. The first-order chi connectivity index (χ1) is 10.1. The average molecular weight is 298 g/mol. The van der Waals surface area contributed by atoms with Gasteiger partial charge in [-0.2, -0.15) is 5.26 Å². The summed E-state index contributed by atoms with van der Waals surface area (Å²) in [5.74, 6) is -1.59. The molecule has 0 aliphatic carbocycles. The minimum absolute atomic E-state index is 0.0418. The van der Waals surface area contributed by atoms with Crippen LogP contribution < -0.4 is 0 Å². The van der Waals surface area contributed by atoms with Gasteiger partial charge in [0.05, 0.1) is 0 Å². The lowest BCUT2D eigenvalue weighted by Gasteiger charge is -2.01. The van der Waals surface area contributed by atoms with E-state index in [1.165, 1.54) is 0 Å². The third-order valence-electron chi connectivity index (χ3n) is 3.17. The van der Waals surface area contributed by atoms with E-state index in [1.807, 2.05) is 24.3 Å². The molecule has 0 aliphatic heterocycles. The number of fused-ring (bicyclic) bond motifs is 1. The SMILES string of the molecule is N#Cc1c(C(=O)O)oc2cc(-c3ccc(Cl)cc3)ccc12. The van der Waals surface area contributed by atoms with Crippen molar-refractivity contribution < 1.29 is 14.3 Å². The molecule has 1 heterocycles. The molecule has 21 heavy (non-hydrogen) atoms. The molecule has 0 bridgehead atoms. The number of carboxylic acid groups (broad SMARTS) is 1. The molecule has 2 aromatic carbocycles. The van der Waals surface area contributed by atoms with E-state index in [9.17, 15) is 4.79 Å². The van der Waals surface area contributed by atoms with Gasteiger partial charge in [0.1, 0.15) is 17.2 Å². The Labute approximate surface area is 124 Å². The van der Waals surface area contributed by atoms with Crippen molar-refractivity contribution in [2.45, 2.75) is 0 Å². The quantitative estimate of drug-likeness (QED) is 0.764. The van der Waals surface area contributed by atoms with Crippen molar-refractivity contribution in [2.24, 2.45) is 0 Å². The Morgan fingerprint density at radius 1 is 1.14 bits per heavy atom. The summed E-state index contributed by atoms with van der Waals surface area (Å²) in [6.07, 6.45) is 0. The normalized spacial score (nSPS) is 10.5. The van der Waals surface area contributed by atoms with Crippen LogP contribution in [-0.2, 0) is 0 Å². The van der Waals surface area contributed by atoms with Crippen LogP contribution in [0.2, 0.25) is 5.02 Å². The second kappa shape index (κ2) is 4.97. The second-order valence-electron chi connectivity index (χ2n) is 4.44. The summed E-state index contributed by atoms with van der Waals surface area (Å²) >= 11 is 5.85. The third-order valence-corrected chi connectivity index (χ3v) is 3.43. The van der Waals surface area contributed by atoms with Crippen LogP contribution in [0.15, 0.2) is 46.9 Å². The van der Waals surface area contributed by atoms with Crippen LogP contribution in [0.5, 0.6) is 0 Å².